The first-order chi connectivity index (χ1) is 13.5. The summed E-state index contributed by atoms with van der Waals surface area (Å²) in [6.45, 7) is 6.33. The number of rotatable bonds is 7. The van der Waals surface area contributed by atoms with E-state index < -0.39 is 0 Å². The van der Waals surface area contributed by atoms with E-state index in [1.807, 2.05) is 37.3 Å². The van der Waals surface area contributed by atoms with E-state index in [4.69, 9.17) is 9.47 Å². The van der Waals surface area contributed by atoms with Crippen LogP contribution in [0.1, 0.15) is 62.3 Å². The van der Waals surface area contributed by atoms with Crippen molar-refractivity contribution in [3.8, 4) is 11.5 Å². The van der Waals surface area contributed by atoms with Gasteiger partial charge in [-0.05, 0) is 49.4 Å². The van der Waals surface area contributed by atoms with Crippen molar-refractivity contribution in [1.29, 1.82) is 0 Å². The average molecular weight is 382 g/mol. The van der Waals surface area contributed by atoms with Gasteiger partial charge in [0, 0.05) is 18.4 Å². The van der Waals surface area contributed by atoms with Crippen LogP contribution in [0, 0.1) is 6.92 Å². The Morgan fingerprint density at radius 3 is 2.64 bits per heavy atom. The topological polar surface area (TPSA) is 47.6 Å². The predicted octanol–water partition coefficient (Wildman–Crippen LogP) is 5.14. The predicted molar refractivity (Wildman–Crippen MR) is 112 cm³/mol. The first-order valence-corrected chi connectivity index (χ1v) is 10.2. The highest BCUT2D eigenvalue weighted by Crippen LogP contribution is 2.42. The summed E-state index contributed by atoms with van der Waals surface area (Å²) in [4.78, 5) is 12.7. The van der Waals surface area contributed by atoms with Gasteiger partial charge in [-0.15, -0.1) is 0 Å². The number of carbonyl (C=O) groups is 1. The first kappa shape index (κ1) is 20.2. The van der Waals surface area contributed by atoms with Gasteiger partial charge in [-0.25, -0.2) is 0 Å². The molecule has 150 valence electrons. The zero-order valence-corrected chi connectivity index (χ0v) is 17.4. The largest absolute Gasteiger partial charge is 0.496 e. The van der Waals surface area contributed by atoms with E-state index in [9.17, 15) is 4.79 Å². The standard InChI is InChI=1S/C24H31NO3/c1-5-24(6-2)16-20(19-9-7-8-10-22(19)28-24)25-23(26)14-12-18-11-13-21(27-4)17(3)15-18/h7-11,13,15,20H,5-6,12,14,16H2,1-4H3,(H,25,26)/t20-/m0/s1. The molecule has 0 radical (unpaired) electrons. The average Bonchev–Trinajstić information content (AvgIpc) is 2.72. The quantitative estimate of drug-likeness (QED) is 0.723. The van der Waals surface area contributed by atoms with Crippen molar-refractivity contribution < 1.29 is 14.3 Å². The molecule has 3 rings (SSSR count). The second-order valence-corrected chi connectivity index (χ2v) is 7.66. The fourth-order valence-electron chi connectivity index (χ4n) is 4.05. The number of aryl methyl sites for hydroxylation is 2. The van der Waals surface area contributed by atoms with Gasteiger partial charge >= 0.3 is 0 Å². The van der Waals surface area contributed by atoms with Crippen molar-refractivity contribution in [1.82, 2.24) is 5.32 Å². The number of ether oxygens (including phenoxy) is 2. The highest BCUT2D eigenvalue weighted by Gasteiger charge is 2.38. The van der Waals surface area contributed by atoms with Crippen LogP contribution in [0.3, 0.4) is 0 Å². The van der Waals surface area contributed by atoms with Crippen LogP contribution in [0.25, 0.3) is 0 Å². The number of para-hydroxylation sites is 1. The third kappa shape index (κ3) is 4.32. The van der Waals surface area contributed by atoms with Crippen molar-refractivity contribution in [2.45, 2.75) is 64.5 Å². The minimum atomic E-state index is -0.209. The normalized spacial score (nSPS) is 17.4. The molecule has 4 nitrogen and oxygen atoms in total. The van der Waals surface area contributed by atoms with Gasteiger partial charge < -0.3 is 14.8 Å². The molecule has 28 heavy (non-hydrogen) atoms. The minimum Gasteiger partial charge on any atom is -0.496 e. The molecular weight excluding hydrogens is 350 g/mol. The fraction of sp³-hybridized carbons (Fsp3) is 0.458. The monoisotopic (exact) mass is 381 g/mol. The Bertz CT molecular complexity index is 826. The molecule has 1 N–H and O–H groups in total. The molecule has 0 saturated carbocycles. The van der Waals surface area contributed by atoms with Gasteiger partial charge in [0.05, 0.1) is 13.2 Å². The lowest BCUT2D eigenvalue weighted by atomic mass is 9.83. The Morgan fingerprint density at radius 2 is 1.96 bits per heavy atom. The van der Waals surface area contributed by atoms with Gasteiger partial charge in [0.2, 0.25) is 5.91 Å². The maximum absolute atomic E-state index is 12.7. The van der Waals surface area contributed by atoms with Gasteiger partial charge in [-0.2, -0.15) is 0 Å². The maximum atomic E-state index is 12.7. The van der Waals surface area contributed by atoms with Gasteiger partial charge in [0.1, 0.15) is 17.1 Å². The van der Waals surface area contributed by atoms with Crippen LogP contribution in [0.4, 0.5) is 0 Å². The van der Waals surface area contributed by atoms with Crippen molar-refractivity contribution in [3.05, 3.63) is 59.2 Å². The van der Waals surface area contributed by atoms with Crippen molar-refractivity contribution in [2.75, 3.05) is 7.11 Å². The summed E-state index contributed by atoms with van der Waals surface area (Å²) in [7, 11) is 1.67. The van der Waals surface area contributed by atoms with Crippen LogP contribution in [-0.4, -0.2) is 18.6 Å². The molecule has 1 aliphatic heterocycles. The van der Waals surface area contributed by atoms with Gasteiger partial charge in [0.25, 0.3) is 0 Å². The highest BCUT2D eigenvalue weighted by molar-refractivity contribution is 5.77. The van der Waals surface area contributed by atoms with Crippen LogP contribution < -0.4 is 14.8 Å². The Kier molecular flexibility index (Phi) is 6.28. The number of amides is 1. The molecule has 1 heterocycles. The van der Waals surface area contributed by atoms with E-state index in [0.29, 0.717) is 12.8 Å². The molecule has 2 aromatic rings. The molecule has 0 bridgehead atoms. The zero-order valence-electron chi connectivity index (χ0n) is 17.4. The van der Waals surface area contributed by atoms with Crippen molar-refractivity contribution >= 4 is 5.91 Å². The lowest BCUT2D eigenvalue weighted by Gasteiger charge is -2.41. The maximum Gasteiger partial charge on any atom is 0.220 e. The molecule has 0 fully saturated rings. The molecule has 1 aliphatic rings. The number of hydrogen-bond donors (Lipinski definition) is 1. The first-order valence-electron chi connectivity index (χ1n) is 10.2. The Labute approximate surface area is 168 Å². The summed E-state index contributed by atoms with van der Waals surface area (Å²) in [5.74, 6) is 1.85. The van der Waals surface area contributed by atoms with Crippen LogP contribution in [0.5, 0.6) is 11.5 Å². The second-order valence-electron chi connectivity index (χ2n) is 7.66. The summed E-state index contributed by atoms with van der Waals surface area (Å²) in [6, 6.07) is 14.1. The van der Waals surface area contributed by atoms with Gasteiger partial charge in [-0.1, -0.05) is 44.2 Å². The van der Waals surface area contributed by atoms with E-state index in [1.165, 1.54) is 0 Å². The highest BCUT2D eigenvalue weighted by atomic mass is 16.5. The van der Waals surface area contributed by atoms with Crippen LogP contribution in [0.2, 0.25) is 0 Å². The van der Waals surface area contributed by atoms with Crippen LogP contribution >= 0.6 is 0 Å². The molecule has 0 aliphatic carbocycles. The van der Waals surface area contributed by atoms with E-state index in [0.717, 1.165) is 47.5 Å². The number of fused-ring (bicyclic) bond motifs is 1. The minimum absolute atomic E-state index is 0.00467. The summed E-state index contributed by atoms with van der Waals surface area (Å²) >= 11 is 0. The third-order valence-electron chi connectivity index (χ3n) is 5.92. The van der Waals surface area contributed by atoms with Crippen molar-refractivity contribution in [2.24, 2.45) is 0 Å². The molecular formula is C24H31NO3. The van der Waals surface area contributed by atoms with Crippen LogP contribution in [-0.2, 0) is 11.2 Å². The summed E-state index contributed by atoms with van der Waals surface area (Å²) in [5.41, 5.74) is 3.11. The Hall–Kier alpha value is -2.49. The summed E-state index contributed by atoms with van der Waals surface area (Å²) in [5, 5.41) is 3.26. The Morgan fingerprint density at radius 1 is 1.21 bits per heavy atom. The van der Waals surface area contributed by atoms with E-state index in [2.05, 4.69) is 31.3 Å². The molecule has 0 unspecified atom stereocenters. The molecule has 0 saturated heterocycles. The van der Waals surface area contributed by atoms with Crippen LogP contribution in [0.15, 0.2) is 42.5 Å². The van der Waals surface area contributed by atoms with Gasteiger partial charge in [0.15, 0.2) is 0 Å². The van der Waals surface area contributed by atoms with Gasteiger partial charge in [-0.3, -0.25) is 4.79 Å². The van der Waals surface area contributed by atoms with E-state index in [1.54, 1.807) is 7.11 Å². The molecule has 4 heteroatoms. The number of carbonyl (C=O) groups excluding carboxylic acids is 1. The zero-order chi connectivity index (χ0) is 20.1. The van der Waals surface area contributed by atoms with E-state index >= 15 is 0 Å². The molecule has 0 aromatic heterocycles. The van der Waals surface area contributed by atoms with Crippen molar-refractivity contribution in [3.63, 3.8) is 0 Å². The Balaban J connectivity index is 1.68. The molecule has 1 atom stereocenters. The SMILES string of the molecule is CCC1(CC)C[C@H](NC(=O)CCc2ccc(OC)c(C)c2)c2ccccc2O1. The lowest BCUT2D eigenvalue weighted by Crippen LogP contribution is -2.44. The third-order valence-corrected chi connectivity index (χ3v) is 5.92. The number of methoxy groups -OCH3 is 1. The summed E-state index contributed by atoms with van der Waals surface area (Å²) < 4.78 is 11.6. The number of nitrogens with one attached hydrogen (secondary N) is 1. The smallest absolute Gasteiger partial charge is 0.220 e. The van der Waals surface area contributed by atoms with E-state index in [-0.39, 0.29) is 17.6 Å². The molecule has 0 spiro atoms. The fourth-order valence-corrected chi connectivity index (χ4v) is 4.05. The number of hydrogen-bond acceptors (Lipinski definition) is 3. The molecule has 1 amide bonds. The lowest BCUT2D eigenvalue weighted by molar-refractivity contribution is -0.122. The summed E-state index contributed by atoms with van der Waals surface area (Å²) in [6.07, 6.45) is 3.85. The molecule has 2 aromatic carbocycles. The number of benzene rings is 2. The second kappa shape index (κ2) is 8.68.